The molecule has 0 aromatic rings. The normalized spacial score (nSPS) is 21.4. The van der Waals surface area contributed by atoms with Crippen LogP contribution in [0.3, 0.4) is 0 Å². The minimum atomic E-state index is -1.01. The Morgan fingerprint density at radius 3 is 2.65 bits per heavy atom. The van der Waals surface area contributed by atoms with Crippen LogP contribution in [0.4, 0.5) is 4.79 Å². The largest absolute Gasteiger partial charge is 0.481 e. The van der Waals surface area contributed by atoms with E-state index in [1.54, 1.807) is 0 Å². The molecule has 1 rings (SSSR count). The average molecular weight is 287 g/mol. The summed E-state index contributed by atoms with van der Waals surface area (Å²) in [6, 6.07) is -1.07. The molecule has 0 aromatic carbocycles. The van der Waals surface area contributed by atoms with Crippen molar-refractivity contribution in [2.75, 3.05) is 26.3 Å². The van der Waals surface area contributed by atoms with Crippen LogP contribution in [0.15, 0.2) is 0 Å². The Morgan fingerprint density at radius 2 is 2.10 bits per heavy atom. The number of amides is 3. The number of primary amides is 1. The number of urea groups is 1. The van der Waals surface area contributed by atoms with Gasteiger partial charge in [0.1, 0.15) is 12.5 Å². The maximum Gasteiger partial charge on any atom is 0.318 e. The molecule has 3 amide bonds. The minimum absolute atomic E-state index is 0.0745. The van der Waals surface area contributed by atoms with Crippen LogP contribution >= 0.6 is 0 Å². The van der Waals surface area contributed by atoms with E-state index in [1.165, 1.54) is 4.90 Å². The zero-order valence-corrected chi connectivity index (χ0v) is 11.5. The molecule has 0 bridgehead atoms. The van der Waals surface area contributed by atoms with Gasteiger partial charge in [-0.15, -0.1) is 0 Å². The summed E-state index contributed by atoms with van der Waals surface area (Å²) >= 11 is 0. The number of hydrogen-bond acceptors (Lipinski definition) is 4. The number of unbranched alkanes of at least 4 members (excludes halogenated alkanes) is 1. The lowest BCUT2D eigenvalue weighted by Crippen LogP contribution is -2.51. The molecule has 1 saturated heterocycles. The predicted molar refractivity (Wildman–Crippen MR) is 69.9 cm³/mol. The van der Waals surface area contributed by atoms with E-state index in [0.717, 1.165) is 12.8 Å². The van der Waals surface area contributed by atoms with Crippen molar-refractivity contribution in [3.8, 4) is 0 Å². The van der Waals surface area contributed by atoms with E-state index >= 15 is 0 Å². The summed E-state index contributed by atoms with van der Waals surface area (Å²) in [5.41, 5.74) is 5.11. The number of nitrogens with zero attached hydrogens (tertiary/aromatic N) is 1. The molecular weight excluding hydrogens is 266 g/mol. The summed E-state index contributed by atoms with van der Waals surface area (Å²) in [6.07, 6.45) is 1.61. The Balaban J connectivity index is 2.60. The molecule has 1 aliphatic heterocycles. The van der Waals surface area contributed by atoms with E-state index in [1.807, 2.05) is 6.92 Å². The summed E-state index contributed by atoms with van der Waals surface area (Å²) < 4.78 is 5.07. The van der Waals surface area contributed by atoms with Crippen molar-refractivity contribution in [3.05, 3.63) is 0 Å². The monoisotopic (exact) mass is 287 g/mol. The first-order chi connectivity index (χ1) is 9.45. The van der Waals surface area contributed by atoms with E-state index < -0.39 is 29.9 Å². The van der Waals surface area contributed by atoms with E-state index in [9.17, 15) is 14.4 Å². The van der Waals surface area contributed by atoms with Gasteiger partial charge in [0.2, 0.25) is 5.91 Å². The SMILES string of the molecule is CCCCN(CC(N)=O)C(=O)NC1COCC1C(=O)O. The standard InChI is InChI=1S/C12H21N3O5/c1-2-3-4-15(5-10(13)16)12(19)14-9-7-20-6-8(9)11(17)18/h8-9H,2-7H2,1H3,(H2,13,16)(H,14,19)(H,17,18). The highest BCUT2D eigenvalue weighted by Crippen LogP contribution is 2.14. The van der Waals surface area contributed by atoms with Crippen molar-refractivity contribution in [1.82, 2.24) is 10.2 Å². The molecule has 0 aromatic heterocycles. The molecule has 2 unspecified atom stereocenters. The molecule has 114 valence electrons. The van der Waals surface area contributed by atoms with E-state index in [2.05, 4.69) is 5.32 Å². The van der Waals surface area contributed by atoms with Crippen molar-refractivity contribution in [2.24, 2.45) is 11.7 Å². The average Bonchev–Trinajstić information content (AvgIpc) is 2.82. The molecule has 1 aliphatic rings. The first-order valence-corrected chi connectivity index (χ1v) is 6.60. The van der Waals surface area contributed by atoms with Crippen LogP contribution in [0.1, 0.15) is 19.8 Å². The van der Waals surface area contributed by atoms with Crippen LogP contribution in [0, 0.1) is 5.92 Å². The van der Waals surface area contributed by atoms with Crippen LogP contribution in [0.25, 0.3) is 0 Å². The van der Waals surface area contributed by atoms with Gasteiger partial charge in [0, 0.05) is 6.54 Å². The van der Waals surface area contributed by atoms with Crippen LogP contribution in [0.2, 0.25) is 0 Å². The first kappa shape index (κ1) is 16.2. The fourth-order valence-corrected chi connectivity index (χ4v) is 1.98. The molecule has 1 heterocycles. The number of carbonyl (C=O) groups is 3. The highest BCUT2D eigenvalue weighted by Gasteiger charge is 2.35. The third-order valence-electron chi connectivity index (χ3n) is 3.12. The van der Waals surface area contributed by atoms with Gasteiger partial charge in [-0.3, -0.25) is 9.59 Å². The Hall–Kier alpha value is -1.83. The second-order valence-electron chi connectivity index (χ2n) is 4.78. The third kappa shape index (κ3) is 4.69. The zero-order chi connectivity index (χ0) is 15.1. The van der Waals surface area contributed by atoms with Crippen molar-refractivity contribution in [1.29, 1.82) is 0 Å². The molecule has 1 fully saturated rings. The summed E-state index contributed by atoms with van der Waals surface area (Å²) in [5, 5.41) is 11.6. The zero-order valence-electron chi connectivity index (χ0n) is 11.5. The van der Waals surface area contributed by atoms with Crippen LogP contribution in [0.5, 0.6) is 0 Å². The van der Waals surface area contributed by atoms with Crippen LogP contribution in [-0.2, 0) is 14.3 Å². The number of hydrogen-bond donors (Lipinski definition) is 3. The Labute approximate surface area is 117 Å². The molecule has 20 heavy (non-hydrogen) atoms. The summed E-state index contributed by atoms with van der Waals surface area (Å²) in [6.45, 7) is 2.41. The number of aliphatic carboxylic acids is 1. The van der Waals surface area contributed by atoms with E-state index in [0.29, 0.717) is 6.54 Å². The Bertz CT molecular complexity index is 374. The molecule has 4 N–H and O–H groups in total. The van der Waals surface area contributed by atoms with Gasteiger partial charge < -0.3 is 25.8 Å². The number of carboxylic acids is 1. The number of nitrogens with two attached hydrogens (primary N) is 1. The molecule has 0 aliphatic carbocycles. The van der Waals surface area contributed by atoms with Crippen LogP contribution < -0.4 is 11.1 Å². The fraction of sp³-hybridized carbons (Fsp3) is 0.750. The lowest BCUT2D eigenvalue weighted by Gasteiger charge is -2.24. The molecule has 0 radical (unpaired) electrons. The number of carbonyl (C=O) groups excluding carboxylic acids is 2. The summed E-state index contributed by atoms with van der Waals surface area (Å²) in [4.78, 5) is 35.3. The third-order valence-corrected chi connectivity index (χ3v) is 3.12. The molecule has 2 atom stereocenters. The van der Waals surface area contributed by atoms with Gasteiger partial charge in [0.05, 0.1) is 19.3 Å². The quantitative estimate of drug-likeness (QED) is 0.576. The topological polar surface area (TPSA) is 122 Å². The fourth-order valence-electron chi connectivity index (χ4n) is 1.98. The number of ether oxygens (including phenoxy) is 1. The van der Waals surface area contributed by atoms with Crippen molar-refractivity contribution < 1.29 is 24.2 Å². The number of rotatable bonds is 7. The van der Waals surface area contributed by atoms with Gasteiger partial charge in [-0.05, 0) is 6.42 Å². The Kier molecular flexibility index (Phi) is 6.23. The van der Waals surface area contributed by atoms with Crippen molar-refractivity contribution in [3.63, 3.8) is 0 Å². The van der Waals surface area contributed by atoms with Crippen molar-refractivity contribution in [2.45, 2.75) is 25.8 Å². The summed E-state index contributed by atoms with van der Waals surface area (Å²) in [5.74, 6) is -2.38. The van der Waals surface area contributed by atoms with Crippen LogP contribution in [-0.4, -0.2) is 60.3 Å². The first-order valence-electron chi connectivity index (χ1n) is 6.60. The number of carboxylic acid groups (broad SMARTS) is 1. The maximum absolute atomic E-state index is 12.1. The second-order valence-corrected chi connectivity index (χ2v) is 4.78. The van der Waals surface area contributed by atoms with E-state index in [-0.39, 0.29) is 19.8 Å². The summed E-state index contributed by atoms with van der Waals surface area (Å²) in [7, 11) is 0. The van der Waals surface area contributed by atoms with Crippen molar-refractivity contribution >= 4 is 17.9 Å². The maximum atomic E-state index is 12.1. The molecular formula is C12H21N3O5. The minimum Gasteiger partial charge on any atom is -0.481 e. The smallest absolute Gasteiger partial charge is 0.318 e. The molecule has 0 spiro atoms. The predicted octanol–water partition coefficient (Wildman–Crippen LogP) is -0.617. The van der Waals surface area contributed by atoms with Gasteiger partial charge in [-0.2, -0.15) is 0 Å². The second kappa shape index (κ2) is 7.68. The van der Waals surface area contributed by atoms with Gasteiger partial charge in [0.15, 0.2) is 0 Å². The molecule has 0 saturated carbocycles. The van der Waals surface area contributed by atoms with Gasteiger partial charge >= 0.3 is 12.0 Å². The Morgan fingerprint density at radius 1 is 1.40 bits per heavy atom. The highest BCUT2D eigenvalue weighted by molar-refractivity contribution is 5.83. The molecule has 8 nitrogen and oxygen atoms in total. The van der Waals surface area contributed by atoms with Gasteiger partial charge in [-0.1, -0.05) is 13.3 Å². The number of nitrogens with one attached hydrogen (secondary N) is 1. The van der Waals surface area contributed by atoms with Gasteiger partial charge in [0.25, 0.3) is 0 Å². The highest BCUT2D eigenvalue weighted by atomic mass is 16.5. The van der Waals surface area contributed by atoms with E-state index in [4.69, 9.17) is 15.6 Å². The lowest BCUT2D eigenvalue weighted by atomic mass is 10.0. The van der Waals surface area contributed by atoms with Gasteiger partial charge in [-0.25, -0.2) is 4.79 Å². The lowest BCUT2D eigenvalue weighted by molar-refractivity contribution is -0.142. The molecule has 8 heteroatoms.